The number of aromatic nitrogens is 1. The maximum atomic E-state index is 11.3. The van der Waals surface area contributed by atoms with Crippen molar-refractivity contribution >= 4 is 22.3 Å². The molecule has 156 valence electrons. The standard InChI is InChI=1S/C23H31N3O3/c1-16-4-9-25(10-5-16)18-2-3-21-19(14-18)22(20-15-29-13-8-24-20)23(27)26(21)17-6-11-28-12-7-17/h2-3,14,16-17,27H,4-13,15H2,1H3. The maximum absolute atomic E-state index is 11.3. The van der Waals surface area contributed by atoms with Crippen LogP contribution in [-0.4, -0.2) is 61.4 Å². The van der Waals surface area contributed by atoms with E-state index in [2.05, 4.69) is 34.6 Å². The lowest BCUT2D eigenvalue weighted by Gasteiger charge is -2.32. The molecule has 1 aromatic carbocycles. The number of rotatable bonds is 3. The highest BCUT2D eigenvalue weighted by Gasteiger charge is 2.28. The van der Waals surface area contributed by atoms with Crippen LogP contribution in [0.1, 0.15) is 44.2 Å². The van der Waals surface area contributed by atoms with Gasteiger partial charge < -0.3 is 24.0 Å². The lowest BCUT2D eigenvalue weighted by molar-refractivity contribution is 0.0688. The molecule has 0 spiro atoms. The minimum absolute atomic E-state index is 0.256. The van der Waals surface area contributed by atoms with E-state index in [-0.39, 0.29) is 6.04 Å². The Kier molecular flexibility index (Phi) is 5.22. The zero-order valence-corrected chi connectivity index (χ0v) is 17.3. The van der Waals surface area contributed by atoms with Crippen molar-refractivity contribution in [3.8, 4) is 5.88 Å². The third-order valence-electron chi connectivity index (χ3n) is 6.73. The van der Waals surface area contributed by atoms with Gasteiger partial charge in [0.1, 0.15) is 0 Å². The first-order valence-corrected chi connectivity index (χ1v) is 11.0. The van der Waals surface area contributed by atoms with E-state index < -0.39 is 0 Å². The van der Waals surface area contributed by atoms with Crippen molar-refractivity contribution in [2.45, 2.75) is 38.6 Å². The summed E-state index contributed by atoms with van der Waals surface area (Å²) in [5, 5.41) is 12.4. The first kappa shape index (κ1) is 18.9. The molecule has 0 aliphatic carbocycles. The van der Waals surface area contributed by atoms with Crippen molar-refractivity contribution in [3.05, 3.63) is 23.8 Å². The highest BCUT2D eigenvalue weighted by molar-refractivity contribution is 6.14. The summed E-state index contributed by atoms with van der Waals surface area (Å²) < 4.78 is 13.3. The van der Waals surface area contributed by atoms with Gasteiger partial charge in [0.05, 0.1) is 36.6 Å². The number of anilines is 1. The predicted molar refractivity (Wildman–Crippen MR) is 116 cm³/mol. The topological polar surface area (TPSA) is 59.2 Å². The first-order valence-electron chi connectivity index (χ1n) is 11.0. The zero-order chi connectivity index (χ0) is 19.8. The van der Waals surface area contributed by atoms with E-state index in [1.54, 1.807) is 0 Å². The molecule has 6 nitrogen and oxygen atoms in total. The number of benzene rings is 1. The summed E-state index contributed by atoms with van der Waals surface area (Å²) in [6, 6.07) is 6.92. The summed E-state index contributed by atoms with van der Waals surface area (Å²) in [4.78, 5) is 7.18. The third-order valence-corrected chi connectivity index (χ3v) is 6.73. The van der Waals surface area contributed by atoms with Gasteiger partial charge in [-0.2, -0.15) is 0 Å². The number of piperidine rings is 1. The number of aromatic hydroxyl groups is 1. The van der Waals surface area contributed by atoms with Crippen LogP contribution in [0.3, 0.4) is 0 Å². The van der Waals surface area contributed by atoms with Gasteiger partial charge in [-0.25, -0.2) is 0 Å². The molecule has 0 atom stereocenters. The molecule has 29 heavy (non-hydrogen) atoms. The molecule has 6 heteroatoms. The van der Waals surface area contributed by atoms with Gasteiger partial charge in [0.15, 0.2) is 0 Å². The molecule has 0 radical (unpaired) electrons. The molecular formula is C23H31N3O3. The fourth-order valence-electron chi connectivity index (χ4n) is 4.96. The lowest BCUT2D eigenvalue weighted by Crippen LogP contribution is -2.32. The Morgan fingerprint density at radius 3 is 2.55 bits per heavy atom. The molecule has 3 aliphatic rings. The van der Waals surface area contributed by atoms with Crippen molar-refractivity contribution < 1.29 is 14.6 Å². The van der Waals surface area contributed by atoms with Crippen LogP contribution in [0.2, 0.25) is 0 Å². The average Bonchev–Trinajstić information content (AvgIpc) is 3.06. The molecule has 4 heterocycles. The van der Waals surface area contributed by atoms with Gasteiger partial charge in [-0.15, -0.1) is 0 Å². The Labute approximate surface area is 172 Å². The Morgan fingerprint density at radius 2 is 1.83 bits per heavy atom. The van der Waals surface area contributed by atoms with Crippen LogP contribution < -0.4 is 4.90 Å². The van der Waals surface area contributed by atoms with E-state index >= 15 is 0 Å². The second-order valence-corrected chi connectivity index (χ2v) is 8.66. The fraction of sp³-hybridized carbons (Fsp3) is 0.609. The number of hydrogen-bond acceptors (Lipinski definition) is 5. The number of fused-ring (bicyclic) bond motifs is 1. The summed E-state index contributed by atoms with van der Waals surface area (Å²) in [6.45, 7) is 7.79. The van der Waals surface area contributed by atoms with Gasteiger partial charge in [-0.05, 0) is 49.8 Å². The number of ether oxygens (including phenoxy) is 2. The van der Waals surface area contributed by atoms with Crippen molar-refractivity contribution in [1.82, 2.24) is 4.57 Å². The van der Waals surface area contributed by atoms with Gasteiger partial charge >= 0.3 is 0 Å². The minimum atomic E-state index is 0.256. The normalized spacial score (nSPS) is 22.2. The lowest BCUT2D eigenvalue weighted by atomic mass is 9.98. The van der Waals surface area contributed by atoms with Crippen LogP contribution in [0.4, 0.5) is 5.69 Å². The van der Waals surface area contributed by atoms with Crippen LogP contribution in [0.15, 0.2) is 23.2 Å². The van der Waals surface area contributed by atoms with Gasteiger partial charge in [0.25, 0.3) is 0 Å². The maximum Gasteiger partial charge on any atom is 0.201 e. The van der Waals surface area contributed by atoms with Gasteiger partial charge in [0, 0.05) is 43.4 Å². The van der Waals surface area contributed by atoms with Crippen LogP contribution in [0.25, 0.3) is 10.9 Å². The monoisotopic (exact) mass is 397 g/mol. The average molecular weight is 398 g/mol. The van der Waals surface area contributed by atoms with Crippen molar-refractivity contribution in [2.75, 3.05) is 51.0 Å². The van der Waals surface area contributed by atoms with Crippen LogP contribution in [-0.2, 0) is 9.47 Å². The summed E-state index contributed by atoms with van der Waals surface area (Å²) in [6.07, 6.45) is 4.32. The Hall–Kier alpha value is -2.05. The molecule has 0 unspecified atom stereocenters. The SMILES string of the molecule is CC1CCN(c2ccc3c(c2)c(C2=NCCOC2)c(O)n3C2CCOCC2)CC1. The van der Waals surface area contributed by atoms with Crippen molar-refractivity contribution in [2.24, 2.45) is 10.9 Å². The number of nitrogens with zero attached hydrogens (tertiary/aromatic N) is 3. The minimum Gasteiger partial charge on any atom is -0.494 e. The number of hydrogen-bond donors (Lipinski definition) is 1. The highest BCUT2D eigenvalue weighted by atomic mass is 16.5. The van der Waals surface area contributed by atoms with Gasteiger partial charge in [-0.3, -0.25) is 4.99 Å². The van der Waals surface area contributed by atoms with Crippen molar-refractivity contribution in [3.63, 3.8) is 0 Å². The predicted octanol–water partition coefficient (Wildman–Crippen LogP) is 3.75. The van der Waals surface area contributed by atoms with Gasteiger partial charge in [0.2, 0.25) is 5.88 Å². The van der Waals surface area contributed by atoms with Crippen LogP contribution in [0, 0.1) is 5.92 Å². The van der Waals surface area contributed by atoms with E-state index in [1.807, 2.05) is 0 Å². The van der Waals surface area contributed by atoms with E-state index in [0.717, 1.165) is 67.2 Å². The molecule has 2 fully saturated rings. The summed E-state index contributed by atoms with van der Waals surface area (Å²) >= 11 is 0. The molecule has 2 saturated heterocycles. The van der Waals surface area contributed by atoms with E-state index in [1.165, 1.54) is 18.5 Å². The Morgan fingerprint density at radius 1 is 1.03 bits per heavy atom. The molecule has 5 rings (SSSR count). The molecule has 3 aliphatic heterocycles. The molecule has 0 saturated carbocycles. The number of aliphatic imine (C=N–C) groups is 1. The van der Waals surface area contributed by atoms with E-state index in [0.29, 0.717) is 25.6 Å². The summed E-state index contributed by atoms with van der Waals surface area (Å²) in [5.74, 6) is 1.14. The van der Waals surface area contributed by atoms with Crippen LogP contribution >= 0.6 is 0 Å². The molecule has 0 amide bonds. The summed E-state index contributed by atoms with van der Waals surface area (Å²) in [7, 11) is 0. The molecule has 1 N–H and O–H groups in total. The Balaban J connectivity index is 1.62. The molecule has 1 aromatic heterocycles. The Bertz CT molecular complexity index is 906. The van der Waals surface area contributed by atoms with Gasteiger partial charge in [-0.1, -0.05) is 6.92 Å². The van der Waals surface area contributed by atoms with E-state index in [9.17, 15) is 5.11 Å². The highest BCUT2D eigenvalue weighted by Crippen LogP contribution is 2.40. The largest absolute Gasteiger partial charge is 0.494 e. The van der Waals surface area contributed by atoms with Crippen molar-refractivity contribution in [1.29, 1.82) is 0 Å². The zero-order valence-electron chi connectivity index (χ0n) is 17.3. The molecule has 0 bridgehead atoms. The third kappa shape index (κ3) is 3.53. The smallest absolute Gasteiger partial charge is 0.201 e. The first-order chi connectivity index (χ1) is 14.2. The van der Waals surface area contributed by atoms with Crippen LogP contribution in [0.5, 0.6) is 5.88 Å². The fourth-order valence-corrected chi connectivity index (χ4v) is 4.96. The second kappa shape index (κ2) is 8.00. The van der Waals surface area contributed by atoms with E-state index in [4.69, 9.17) is 14.5 Å². The molecular weight excluding hydrogens is 366 g/mol. The molecule has 2 aromatic rings. The second-order valence-electron chi connectivity index (χ2n) is 8.66. The quantitative estimate of drug-likeness (QED) is 0.857. The summed E-state index contributed by atoms with van der Waals surface area (Å²) in [5.41, 5.74) is 4.06.